The Morgan fingerprint density at radius 2 is 2.47 bits per heavy atom. The molecule has 4 N–H and O–H groups in total. The smallest absolute Gasteiger partial charge is 0.243 e. The van der Waals surface area contributed by atoms with Crippen LogP contribution in [0.5, 0.6) is 0 Å². The first-order chi connectivity index (χ1) is 7.15. The number of nitrogens with zero attached hydrogens (tertiary/aromatic N) is 3. The van der Waals surface area contributed by atoms with Crippen molar-refractivity contribution in [1.82, 2.24) is 20.1 Å². The molecule has 1 aliphatic rings. The molecule has 0 aromatic carbocycles. The minimum atomic E-state index is 0.183. The Kier molecular flexibility index (Phi) is 2.44. The van der Waals surface area contributed by atoms with E-state index in [4.69, 9.17) is 5.73 Å². The van der Waals surface area contributed by atoms with Crippen LogP contribution in [0, 0.1) is 0 Å². The van der Waals surface area contributed by atoms with Crippen molar-refractivity contribution in [3.8, 4) is 0 Å². The molecule has 7 nitrogen and oxygen atoms in total. The maximum Gasteiger partial charge on any atom is 0.243 e. The fourth-order valence-electron chi connectivity index (χ4n) is 1.65. The fourth-order valence-corrected chi connectivity index (χ4v) is 1.65. The second kappa shape index (κ2) is 3.76. The summed E-state index contributed by atoms with van der Waals surface area (Å²) in [7, 11) is 1.79. The third kappa shape index (κ3) is 2.17. The van der Waals surface area contributed by atoms with Gasteiger partial charge in [0.1, 0.15) is 0 Å². The van der Waals surface area contributed by atoms with E-state index >= 15 is 0 Å². The molecule has 1 amide bonds. The summed E-state index contributed by atoms with van der Waals surface area (Å²) in [4.78, 5) is 16.9. The molecular formula is C8H14N6O. The molecule has 2 heterocycles. The van der Waals surface area contributed by atoms with Crippen molar-refractivity contribution in [3.05, 3.63) is 0 Å². The van der Waals surface area contributed by atoms with E-state index in [2.05, 4.69) is 20.5 Å². The van der Waals surface area contributed by atoms with Crippen LogP contribution in [-0.2, 0) is 4.79 Å². The van der Waals surface area contributed by atoms with Gasteiger partial charge in [-0.15, -0.1) is 5.10 Å². The van der Waals surface area contributed by atoms with Gasteiger partial charge in [0.25, 0.3) is 0 Å². The maximum absolute atomic E-state index is 11.2. The molecule has 1 atom stereocenters. The summed E-state index contributed by atoms with van der Waals surface area (Å²) in [5, 5.41) is 9.56. The Bertz CT molecular complexity index is 362. The predicted molar refractivity (Wildman–Crippen MR) is 55.1 cm³/mol. The lowest BCUT2D eigenvalue weighted by molar-refractivity contribution is -0.132. The summed E-state index contributed by atoms with van der Waals surface area (Å²) in [6.45, 7) is 0.674. The van der Waals surface area contributed by atoms with E-state index in [1.165, 1.54) is 0 Å². The number of H-pyrrole nitrogens is 1. The van der Waals surface area contributed by atoms with Gasteiger partial charge in [-0.05, 0) is 6.42 Å². The lowest BCUT2D eigenvalue weighted by Gasteiger charge is -2.29. The van der Waals surface area contributed by atoms with Gasteiger partial charge in [-0.2, -0.15) is 4.98 Å². The van der Waals surface area contributed by atoms with E-state index in [1.807, 2.05) is 0 Å². The standard InChI is InChI=1S/C8H14N6O/c1-14-4-5(2-3-6(14)15)10-8-11-7(9)12-13-8/h5H,2-4H2,1H3,(H4,9,10,11,12,13). The van der Waals surface area contributed by atoms with E-state index in [0.717, 1.165) is 6.42 Å². The number of hydrogen-bond acceptors (Lipinski definition) is 5. The summed E-state index contributed by atoms with van der Waals surface area (Å²) >= 11 is 0. The highest BCUT2D eigenvalue weighted by molar-refractivity contribution is 5.76. The van der Waals surface area contributed by atoms with Crippen LogP contribution in [0.2, 0.25) is 0 Å². The zero-order valence-electron chi connectivity index (χ0n) is 8.53. The second-order valence-electron chi connectivity index (χ2n) is 3.70. The number of nitrogens with two attached hydrogens (primary N) is 1. The number of likely N-dealkylation sites (N-methyl/N-ethyl adjacent to an activating group) is 1. The second-order valence-corrected chi connectivity index (χ2v) is 3.70. The third-order valence-electron chi connectivity index (χ3n) is 2.46. The number of carbonyl (C=O) groups excluding carboxylic acids is 1. The average molecular weight is 210 g/mol. The van der Waals surface area contributed by atoms with E-state index in [1.54, 1.807) is 11.9 Å². The lowest BCUT2D eigenvalue weighted by Crippen LogP contribution is -2.43. The van der Waals surface area contributed by atoms with Gasteiger partial charge in [-0.1, -0.05) is 0 Å². The molecule has 1 fully saturated rings. The highest BCUT2D eigenvalue weighted by Gasteiger charge is 2.23. The van der Waals surface area contributed by atoms with E-state index in [-0.39, 0.29) is 17.9 Å². The van der Waals surface area contributed by atoms with Gasteiger partial charge in [0.2, 0.25) is 17.8 Å². The Labute approximate surface area is 87.0 Å². The number of aromatic nitrogens is 3. The summed E-state index contributed by atoms with van der Waals surface area (Å²) in [6.07, 6.45) is 1.37. The van der Waals surface area contributed by atoms with Crippen molar-refractivity contribution in [3.63, 3.8) is 0 Å². The van der Waals surface area contributed by atoms with Crippen molar-refractivity contribution in [1.29, 1.82) is 0 Å². The number of rotatable bonds is 2. The number of nitrogen functional groups attached to an aromatic ring is 1. The van der Waals surface area contributed by atoms with E-state index in [0.29, 0.717) is 18.9 Å². The van der Waals surface area contributed by atoms with Crippen LogP contribution in [0.25, 0.3) is 0 Å². The molecule has 1 aromatic heterocycles. The van der Waals surface area contributed by atoms with Crippen molar-refractivity contribution < 1.29 is 4.79 Å². The third-order valence-corrected chi connectivity index (χ3v) is 2.46. The molecule has 1 aliphatic heterocycles. The van der Waals surface area contributed by atoms with E-state index < -0.39 is 0 Å². The number of aromatic amines is 1. The van der Waals surface area contributed by atoms with Gasteiger partial charge in [0.15, 0.2) is 0 Å². The lowest BCUT2D eigenvalue weighted by atomic mass is 10.1. The molecule has 0 saturated carbocycles. The highest BCUT2D eigenvalue weighted by atomic mass is 16.2. The molecule has 2 rings (SSSR count). The van der Waals surface area contributed by atoms with Crippen LogP contribution < -0.4 is 11.1 Å². The predicted octanol–water partition coefficient (Wildman–Crippen LogP) is -0.580. The van der Waals surface area contributed by atoms with Crippen LogP contribution in [0.15, 0.2) is 0 Å². The van der Waals surface area contributed by atoms with Gasteiger partial charge in [-0.3, -0.25) is 4.79 Å². The Balaban J connectivity index is 1.93. The molecular weight excluding hydrogens is 196 g/mol. The highest BCUT2D eigenvalue weighted by Crippen LogP contribution is 2.13. The number of amides is 1. The SMILES string of the molecule is CN1CC(Nc2n[nH]c(N)n2)CCC1=O. The first-order valence-corrected chi connectivity index (χ1v) is 4.83. The molecule has 0 spiro atoms. The molecule has 1 saturated heterocycles. The van der Waals surface area contributed by atoms with Gasteiger partial charge in [0.05, 0.1) is 0 Å². The average Bonchev–Trinajstić information content (AvgIpc) is 2.58. The first-order valence-electron chi connectivity index (χ1n) is 4.83. The van der Waals surface area contributed by atoms with Gasteiger partial charge < -0.3 is 16.0 Å². The van der Waals surface area contributed by atoms with Crippen molar-refractivity contribution >= 4 is 17.8 Å². The topological polar surface area (TPSA) is 99.9 Å². The Morgan fingerprint density at radius 1 is 1.67 bits per heavy atom. The number of anilines is 2. The number of carbonyl (C=O) groups is 1. The Hall–Kier alpha value is -1.79. The molecule has 1 aromatic rings. The minimum Gasteiger partial charge on any atom is -0.368 e. The molecule has 15 heavy (non-hydrogen) atoms. The van der Waals surface area contributed by atoms with Crippen LogP contribution in [0.1, 0.15) is 12.8 Å². The quantitative estimate of drug-likeness (QED) is 0.606. The van der Waals surface area contributed by atoms with Crippen LogP contribution in [-0.4, -0.2) is 45.6 Å². The first kappa shape index (κ1) is 9.75. The summed E-state index contributed by atoms with van der Waals surface area (Å²) in [5.74, 6) is 0.959. The Morgan fingerprint density at radius 3 is 3.07 bits per heavy atom. The molecule has 0 aliphatic carbocycles. The van der Waals surface area contributed by atoms with Crippen LogP contribution >= 0.6 is 0 Å². The molecule has 0 radical (unpaired) electrons. The molecule has 1 unspecified atom stereocenters. The summed E-state index contributed by atoms with van der Waals surface area (Å²) in [6, 6.07) is 0.197. The monoisotopic (exact) mass is 210 g/mol. The van der Waals surface area contributed by atoms with Gasteiger partial charge in [0, 0.05) is 26.1 Å². The number of hydrogen-bond donors (Lipinski definition) is 3. The van der Waals surface area contributed by atoms with Gasteiger partial charge in [-0.25, -0.2) is 5.10 Å². The number of piperidine rings is 1. The molecule has 0 bridgehead atoms. The summed E-state index contributed by atoms with van der Waals surface area (Å²) in [5.41, 5.74) is 5.40. The zero-order chi connectivity index (χ0) is 10.8. The number of nitrogens with one attached hydrogen (secondary N) is 2. The zero-order valence-corrected chi connectivity index (χ0v) is 8.53. The van der Waals surface area contributed by atoms with Crippen molar-refractivity contribution in [2.24, 2.45) is 0 Å². The van der Waals surface area contributed by atoms with Crippen molar-refractivity contribution in [2.45, 2.75) is 18.9 Å². The normalized spacial score (nSPS) is 21.8. The van der Waals surface area contributed by atoms with Crippen molar-refractivity contribution in [2.75, 3.05) is 24.6 Å². The summed E-state index contributed by atoms with van der Waals surface area (Å²) < 4.78 is 0. The van der Waals surface area contributed by atoms with E-state index in [9.17, 15) is 4.79 Å². The minimum absolute atomic E-state index is 0.183. The molecule has 7 heteroatoms. The van der Waals surface area contributed by atoms with Gasteiger partial charge >= 0.3 is 0 Å². The molecule has 82 valence electrons. The fraction of sp³-hybridized carbons (Fsp3) is 0.625. The maximum atomic E-state index is 11.2. The van der Waals surface area contributed by atoms with Crippen LogP contribution in [0.4, 0.5) is 11.9 Å². The number of likely N-dealkylation sites (tertiary alicyclic amines) is 1. The largest absolute Gasteiger partial charge is 0.368 e. The van der Waals surface area contributed by atoms with Crippen LogP contribution in [0.3, 0.4) is 0 Å².